The van der Waals surface area contributed by atoms with Crippen molar-refractivity contribution in [1.29, 1.82) is 0 Å². The van der Waals surface area contributed by atoms with Crippen molar-refractivity contribution in [3.8, 4) is 0 Å². The topological polar surface area (TPSA) is 66.5 Å². The second kappa shape index (κ2) is 5.40. The fourth-order valence-corrected chi connectivity index (χ4v) is 5.59. The number of benzene rings is 1. The number of hydrogen-bond acceptors (Lipinski definition) is 3. The molecule has 6 heteroatoms. The smallest absolute Gasteiger partial charge is 0.244 e. The monoisotopic (exact) mass is 448 g/mol. The SMILES string of the molecule is O=C(CN1C(=O)[C@@H]2[C@H]3C=C[C@@H]([C@@H]4C[C@@H]34)[C@@H]2C1=O)Nc1ccccc1I. The Bertz CT molecular complexity index is 800. The normalized spacial score (nSPS) is 37.1. The predicted molar refractivity (Wildman–Crippen MR) is 99.2 cm³/mol. The zero-order valence-corrected chi connectivity index (χ0v) is 15.5. The van der Waals surface area contributed by atoms with Gasteiger partial charge in [0.15, 0.2) is 0 Å². The van der Waals surface area contributed by atoms with E-state index in [4.69, 9.17) is 0 Å². The summed E-state index contributed by atoms with van der Waals surface area (Å²) in [5.74, 6) is 0.427. The number of halogens is 1. The van der Waals surface area contributed by atoms with Crippen LogP contribution in [0.3, 0.4) is 0 Å². The summed E-state index contributed by atoms with van der Waals surface area (Å²) in [7, 11) is 0. The zero-order valence-electron chi connectivity index (χ0n) is 13.4. The van der Waals surface area contributed by atoms with Gasteiger partial charge in [0.05, 0.1) is 17.5 Å². The van der Waals surface area contributed by atoms with Crippen LogP contribution in [0.1, 0.15) is 6.42 Å². The lowest BCUT2D eigenvalue weighted by Gasteiger charge is -2.37. The number of para-hydroxylation sites is 1. The van der Waals surface area contributed by atoms with Gasteiger partial charge >= 0.3 is 0 Å². The molecule has 0 spiro atoms. The van der Waals surface area contributed by atoms with Crippen molar-refractivity contribution in [2.75, 3.05) is 11.9 Å². The predicted octanol–water partition coefficient (Wildman–Crippen LogP) is 2.28. The highest BCUT2D eigenvalue weighted by Crippen LogP contribution is 2.65. The molecule has 3 amide bonds. The third kappa shape index (κ3) is 2.22. The quantitative estimate of drug-likeness (QED) is 0.439. The van der Waals surface area contributed by atoms with Crippen LogP contribution in [0.25, 0.3) is 0 Å². The van der Waals surface area contributed by atoms with Gasteiger partial charge in [-0.3, -0.25) is 19.3 Å². The highest BCUT2D eigenvalue weighted by molar-refractivity contribution is 14.1. The molecule has 6 atom stereocenters. The van der Waals surface area contributed by atoms with Gasteiger partial charge in [-0.05, 0) is 64.8 Å². The van der Waals surface area contributed by atoms with Gasteiger partial charge in [0, 0.05) is 3.57 Å². The highest BCUT2D eigenvalue weighted by Gasteiger charge is 2.67. The van der Waals surface area contributed by atoms with Gasteiger partial charge in [-0.25, -0.2) is 0 Å². The first-order valence-electron chi connectivity index (χ1n) is 8.64. The molecule has 1 aliphatic heterocycles. The maximum absolute atomic E-state index is 12.8. The molecule has 0 aromatic heterocycles. The van der Waals surface area contributed by atoms with Crippen molar-refractivity contribution in [3.05, 3.63) is 40.0 Å². The molecule has 5 nitrogen and oxygen atoms in total. The molecular formula is C19H17IN2O3. The maximum Gasteiger partial charge on any atom is 0.244 e. The Labute approximate surface area is 159 Å². The molecule has 1 saturated heterocycles. The van der Waals surface area contributed by atoms with Crippen molar-refractivity contribution in [2.45, 2.75) is 6.42 Å². The standard InChI is InChI=1S/C19H17IN2O3/c20-13-3-1-2-4-14(13)21-15(23)8-22-18(24)16-9-5-6-10(12-7-11(9)12)17(16)19(22)25/h1-6,9-12,16-17H,7-8H2,(H,21,23)/t9-,10-,11-,12-,16-,17+/m0/s1. The van der Waals surface area contributed by atoms with Crippen LogP contribution in [0.5, 0.6) is 0 Å². The van der Waals surface area contributed by atoms with E-state index in [1.54, 1.807) is 0 Å². The Morgan fingerprint density at radius 1 is 1.08 bits per heavy atom. The number of nitrogens with one attached hydrogen (secondary N) is 1. The summed E-state index contributed by atoms with van der Waals surface area (Å²) in [6.07, 6.45) is 5.42. The summed E-state index contributed by atoms with van der Waals surface area (Å²) >= 11 is 2.14. The average Bonchev–Trinajstić information content (AvgIpc) is 3.38. The van der Waals surface area contributed by atoms with Gasteiger partial charge < -0.3 is 5.32 Å². The number of anilines is 1. The molecule has 0 unspecified atom stereocenters. The largest absolute Gasteiger partial charge is 0.324 e. The molecule has 0 radical (unpaired) electrons. The van der Waals surface area contributed by atoms with E-state index < -0.39 is 0 Å². The highest BCUT2D eigenvalue weighted by atomic mass is 127. The lowest BCUT2D eigenvalue weighted by molar-refractivity contribution is -0.142. The molecule has 1 heterocycles. The van der Waals surface area contributed by atoms with E-state index in [0.29, 0.717) is 17.5 Å². The van der Waals surface area contributed by atoms with Gasteiger partial charge in [0.1, 0.15) is 6.54 Å². The number of allylic oxidation sites excluding steroid dienone is 2. The van der Waals surface area contributed by atoms with Crippen molar-refractivity contribution in [2.24, 2.45) is 35.5 Å². The molecule has 2 saturated carbocycles. The lowest BCUT2D eigenvalue weighted by Crippen LogP contribution is -2.40. The molecule has 25 heavy (non-hydrogen) atoms. The minimum atomic E-state index is -0.324. The van der Waals surface area contributed by atoms with E-state index in [9.17, 15) is 14.4 Å². The van der Waals surface area contributed by atoms with Crippen LogP contribution in [-0.2, 0) is 14.4 Å². The molecule has 2 bridgehead atoms. The number of amides is 3. The van der Waals surface area contributed by atoms with Crippen LogP contribution in [0, 0.1) is 39.1 Å². The van der Waals surface area contributed by atoms with Gasteiger partial charge in [-0.1, -0.05) is 24.3 Å². The first-order chi connectivity index (χ1) is 12.1. The Hall–Kier alpha value is -1.70. The number of nitrogens with zero attached hydrogens (tertiary/aromatic N) is 1. The number of carbonyl (C=O) groups is 3. The van der Waals surface area contributed by atoms with E-state index in [-0.39, 0.29) is 47.9 Å². The van der Waals surface area contributed by atoms with Crippen LogP contribution in [0.4, 0.5) is 5.69 Å². The fourth-order valence-electron chi connectivity index (χ4n) is 5.07. The summed E-state index contributed by atoms with van der Waals surface area (Å²) in [6, 6.07) is 7.44. The van der Waals surface area contributed by atoms with Crippen molar-refractivity contribution < 1.29 is 14.4 Å². The molecule has 3 fully saturated rings. The first-order valence-corrected chi connectivity index (χ1v) is 9.72. The van der Waals surface area contributed by atoms with Crippen molar-refractivity contribution in [3.63, 3.8) is 0 Å². The molecule has 4 aliphatic carbocycles. The maximum atomic E-state index is 12.8. The first kappa shape index (κ1) is 15.5. The summed E-state index contributed by atoms with van der Waals surface area (Å²) < 4.78 is 0.920. The fraction of sp³-hybridized carbons (Fsp3) is 0.421. The zero-order chi connectivity index (χ0) is 17.3. The van der Waals surface area contributed by atoms with E-state index in [1.165, 1.54) is 4.90 Å². The Kier molecular flexibility index (Phi) is 3.36. The number of rotatable bonds is 3. The van der Waals surface area contributed by atoms with E-state index in [2.05, 4.69) is 40.1 Å². The summed E-state index contributed by atoms with van der Waals surface area (Å²) in [6.45, 7) is -0.190. The lowest BCUT2D eigenvalue weighted by atomic mass is 9.63. The van der Waals surface area contributed by atoms with Crippen molar-refractivity contribution >= 4 is 46.0 Å². The third-order valence-electron chi connectivity index (χ3n) is 6.20. The summed E-state index contributed by atoms with van der Waals surface area (Å²) in [5, 5.41) is 2.81. The van der Waals surface area contributed by atoms with Gasteiger partial charge in [-0.2, -0.15) is 0 Å². The van der Waals surface area contributed by atoms with Gasteiger partial charge in [0.2, 0.25) is 17.7 Å². The number of carbonyl (C=O) groups excluding carboxylic acids is 3. The Morgan fingerprint density at radius 2 is 1.68 bits per heavy atom. The van der Waals surface area contributed by atoms with Gasteiger partial charge in [0.25, 0.3) is 0 Å². The molecular weight excluding hydrogens is 431 g/mol. The number of hydrogen-bond donors (Lipinski definition) is 1. The molecule has 6 rings (SSSR count). The minimum absolute atomic E-state index is 0.155. The second-order valence-electron chi connectivity index (χ2n) is 7.45. The van der Waals surface area contributed by atoms with Crippen LogP contribution in [-0.4, -0.2) is 29.2 Å². The van der Waals surface area contributed by atoms with Crippen LogP contribution >= 0.6 is 22.6 Å². The Balaban J connectivity index is 1.34. The third-order valence-corrected chi connectivity index (χ3v) is 7.14. The van der Waals surface area contributed by atoms with E-state index in [1.807, 2.05) is 24.3 Å². The van der Waals surface area contributed by atoms with Crippen molar-refractivity contribution in [1.82, 2.24) is 4.90 Å². The molecule has 1 aromatic carbocycles. The number of likely N-dealkylation sites (tertiary alicyclic amines) is 1. The van der Waals surface area contributed by atoms with Crippen LogP contribution in [0.2, 0.25) is 0 Å². The average molecular weight is 448 g/mol. The molecule has 5 aliphatic rings. The summed E-state index contributed by atoms with van der Waals surface area (Å²) in [5.41, 5.74) is 0.701. The van der Waals surface area contributed by atoms with E-state index in [0.717, 1.165) is 9.99 Å². The van der Waals surface area contributed by atoms with Gasteiger partial charge in [-0.15, -0.1) is 0 Å². The molecule has 1 aromatic rings. The minimum Gasteiger partial charge on any atom is -0.324 e. The Morgan fingerprint density at radius 3 is 2.28 bits per heavy atom. The van der Waals surface area contributed by atoms with Crippen LogP contribution < -0.4 is 5.32 Å². The molecule has 128 valence electrons. The summed E-state index contributed by atoms with van der Waals surface area (Å²) in [4.78, 5) is 39.3. The van der Waals surface area contributed by atoms with E-state index >= 15 is 0 Å². The molecule has 1 N–H and O–H groups in total. The number of imide groups is 1. The second-order valence-corrected chi connectivity index (χ2v) is 8.61. The van der Waals surface area contributed by atoms with Crippen LogP contribution in [0.15, 0.2) is 36.4 Å².